The van der Waals surface area contributed by atoms with Crippen molar-refractivity contribution in [3.05, 3.63) is 24.6 Å². The Bertz CT molecular complexity index is 179. The van der Waals surface area contributed by atoms with Crippen molar-refractivity contribution < 1.29 is 4.79 Å². The van der Waals surface area contributed by atoms with Gasteiger partial charge in [0.2, 0.25) is 0 Å². The van der Waals surface area contributed by atoms with Gasteiger partial charge in [-0.2, -0.15) is 0 Å². The smallest absolute Gasteiger partial charge is 0.287 e. The van der Waals surface area contributed by atoms with Gasteiger partial charge in [0.1, 0.15) is 0 Å². The third kappa shape index (κ3) is 9.26. The van der Waals surface area contributed by atoms with Gasteiger partial charge >= 0.3 is 6.41 Å². The van der Waals surface area contributed by atoms with E-state index in [1.807, 2.05) is 18.6 Å². The number of rotatable bonds is 9. The van der Waals surface area contributed by atoms with Crippen LogP contribution in [0, 0.1) is 0 Å². The zero-order valence-corrected chi connectivity index (χ0v) is 9.91. The molecule has 0 fully saturated rings. The fourth-order valence-electron chi connectivity index (χ4n) is 1.13. The minimum absolute atomic E-state index is 1.03. The van der Waals surface area contributed by atoms with Crippen molar-refractivity contribution in [2.75, 3.05) is 0 Å². The summed E-state index contributed by atoms with van der Waals surface area (Å²) < 4.78 is 0. The Morgan fingerprint density at radius 1 is 1.00 bits per heavy atom. The van der Waals surface area contributed by atoms with E-state index in [9.17, 15) is 4.79 Å². The molecule has 0 aromatic rings. The Labute approximate surface area is 93.7 Å². The van der Waals surface area contributed by atoms with Crippen molar-refractivity contribution in [1.29, 1.82) is 0 Å². The largest absolute Gasteiger partial charge is 0.320 e. The van der Waals surface area contributed by atoms with Crippen molar-refractivity contribution in [2.45, 2.75) is 52.4 Å². The number of carbonyl (C=O) groups excluding carboxylic acids is 1. The summed E-state index contributed by atoms with van der Waals surface area (Å²) in [6.07, 6.45) is 16.2. The van der Waals surface area contributed by atoms with Crippen LogP contribution in [-0.2, 0) is 4.79 Å². The van der Waals surface area contributed by atoms with E-state index in [0.717, 1.165) is 12.8 Å². The van der Waals surface area contributed by atoms with Crippen LogP contribution in [0.3, 0.4) is 0 Å². The first-order valence-corrected chi connectivity index (χ1v) is 5.84. The standard InChI is InChI=1S/C13H22NO/c1-3-5-7-9-11-14(13-15)12-10-8-6-4-2/h9-12H,3-8H2,1-2H3. The van der Waals surface area contributed by atoms with Crippen molar-refractivity contribution in [3.63, 3.8) is 0 Å². The molecule has 0 aliphatic heterocycles. The zero-order chi connectivity index (χ0) is 11.4. The van der Waals surface area contributed by atoms with Crippen LogP contribution in [0.5, 0.6) is 0 Å². The lowest BCUT2D eigenvalue weighted by atomic mass is 10.2. The summed E-state index contributed by atoms with van der Waals surface area (Å²) in [4.78, 5) is 12.0. The second-order valence-electron chi connectivity index (χ2n) is 3.55. The van der Waals surface area contributed by atoms with Crippen LogP contribution in [0.25, 0.3) is 0 Å². The summed E-state index contributed by atoms with van der Waals surface area (Å²) in [5, 5.41) is 0. The summed E-state index contributed by atoms with van der Waals surface area (Å²) >= 11 is 0. The number of allylic oxidation sites excluding steroid dienone is 2. The summed E-state index contributed by atoms with van der Waals surface area (Å²) in [5.74, 6) is 0. The highest BCUT2D eigenvalue weighted by Crippen LogP contribution is 1.99. The summed E-state index contributed by atoms with van der Waals surface area (Å²) in [6.45, 7) is 4.31. The molecule has 0 aromatic carbocycles. The Hall–Kier alpha value is -1.05. The maximum Gasteiger partial charge on any atom is 0.320 e. The zero-order valence-electron chi connectivity index (χ0n) is 9.91. The number of unbranched alkanes of at least 4 members (excludes halogenated alkanes) is 4. The quantitative estimate of drug-likeness (QED) is 0.417. The summed E-state index contributed by atoms with van der Waals surface area (Å²) in [7, 11) is 0. The molecule has 85 valence electrons. The number of hydrogen-bond donors (Lipinski definition) is 0. The lowest BCUT2D eigenvalue weighted by Gasteiger charge is -2.03. The van der Waals surface area contributed by atoms with Crippen LogP contribution in [0.2, 0.25) is 0 Å². The Balaban J connectivity index is 3.75. The molecule has 0 heterocycles. The van der Waals surface area contributed by atoms with Crippen molar-refractivity contribution >= 4 is 6.41 Å². The third-order valence-electron chi connectivity index (χ3n) is 2.09. The average molecular weight is 208 g/mol. The molecule has 0 saturated carbocycles. The summed E-state index contributed by atoms with van der Waals surface area (Å²) in [5.41, 5.74) is 0. The third-order valence-corrected chi connectivity index (χ3v) is 2.09. The fourth-order valence-corrected chi connectivity index (χ4v) is 1.13. The molecule has 0 spiro atoms. The Kier molecular flexibility index (Phi) is 10.3. The first-order valence-electron chi connectivity index (χ1n) is 5.84. The van der Waals surface area contributed by atoms with Gasteiger partial charge in [0.05, 0.1) is 0 Å². The lowest BCUT2D eigenvalue weighted by molar-refractivity contribution is 0.511. The highest BCUT2D eigenvalue weighted by molar-refractivity contribution is 5.51. The molecule has 2 nitrogen and oxygen atoms in total. The van der Waals surface area contributed by atoms with Gasteiger partial charge in [-0.05, 0) is 12.8 Å². The van der Waals surface area contributed by atoms with Gasteiger partial charge in [-0.25, -0.2) is 0 Å². The van der Waals surface area contributed by atoms with Gasteiger partial charge in [-0.3, -0.25) is 9.69 Å². The predicted octanol–water partition coefficient (Wildman–Crippen LogP) is 3.76. The lowest BCUT2D eigenvalue weighted by Crippen LogP contribution is -2.04. The Morgan fingerprint density at radius 2 is 1.47 bits per heavy atom. The van der Waals surface area contributed by atoms with Crippen LogP contribution in [-0.4, -0.2) is 11.3 Å². The maximum absolute atomic E-state index is 10.5. The van der Waals surface area contributed by atoms with E-state index in [2.05, 4.69) is 13.8 Å². The highest BCUT2D eigenvalue weighted by Gasteiger charge is 1.90. The molecule has 0 saturated heterocycles. The number of hydrogen-bond acceptors (Lipinski definition) is 1. The van der Waals surface area contributed by atoms with Crippen LogP contribution >= 0.6 is 0 Å². The molecule has 2 heteroatoms. The topological polar surface area (TPSA) is 20.3 Å². The molecule has 0 aromatic heterocycles. The summed E-state index contributed by atoms with van der Waals surface area (Å²) in [6, 6.07) is 0. The van der Waals surface area contributed by atoms with Crippen molar-refractivity contribution in [3.8, 4) is 0 Å². The van der Waals surface area contributed by atoms with E-state index in [1.165, 1.54) is 30.6 Å². The van der Waals surface area contributed by atoms with E-state index < -0.39 is 0 Å². The molecular formula is C13H22NO. The Morgan fingerprint density at radius 3 is 1.80 bits per heavy atom. The van der Waals surface area contributed by atoms with Gasteiger partial charge in [0, 0.05) is 12.4 Å². The molecule has 1 radical (unpaired) electrons. The van der Waals surface area contributed by atoms with Crippen molar-refractivity contribution in [2.24, 2.45) is 0 Å². The van der Waals surface area contributed by atoms with E-state index in [4.69, 9.17) is 0 Å². The molecule has 0 unspecified atom stereocenters. The van der Waals surface area contributed by atoms with Gasteiger partial charge < -0.3 is 0 Å². The van der Waals surface area contributed by atoms with E-state index in [-0.39, 0.29) is 0 Å². The minimum atomic E-state index is 1.03. The molecule has 0 N–H and O–H groups in total. The number of nitrogens with zero attached hydrogens (tertiary/aromatic N) is 1. The molecule has 1 amide bonds. The van der Waals surface area contributed by atoms with Crippen LogP contribution in [0.15, 0.2) is 24.6 Å². The fraction of sp³-hybridized carbons (Fsp3) is 0.615. The van der Waals surface area contributed by atoms with Crippen LogP contribution in [0.4, 0.5) is 0 Å². The van der Waals surface area contributed by atoms with Crippen LogP contribution in [0.1, 0.15) is 52.4 Å². The molecule has 0 aliphatic rings. The molecule has 0 rings (SSSR count). The monoisotopic (exact) mass is 208 g/mol. The molecule has 0 aliphatic carbocycles. The number of amides is 1. The molecular weight excluding hydrogens is 186 g/mol. The maximum atomic E-state index is 10.5. The normalized spacial score (nSPS) is 11.3. The minimum Gasteiger partial charge on any atom is -0.287 e. The first kappa shape index (κ1) is 13.9. The van der Waals surface area contributed by atoms with Gasteiger partial charge in [-0.1, -0.05) is 51.7 Å². The SMILES string of the molecule is CCCCC=CN([C]=O)C=CCCCC. The van der Waals surface area contributed by atoms with Crippen molar-refractivity contribution in [1.82, 2.24) is 4.90 Å². The predicted molar refractivity (Wildman–Crippen MR) is 64.9 cm³/mol. The van der Waals surface area contributed by atoms with Crippen LogP contribution < -0.4 is 0 Å². The molecule has 0 atom stereocenters. The second kappa shape index (κ2) is 11.0. The van der Waals surface area contributed by atoms with Gasteiger partial charge in [0.15, 0.2) is 0 Å². The van der Waals surface area contributed by atoms with Gasteiger partial charge in [-0.15, -0.1) is 0 Å². The average Bonchev–Trinajstić information content (AvgIpc) is 2.27. The van der Waals surface area contributed by atoms with E-state index in [1.54, 1.807) is 12.4 Å². The molecule has 15 heavy (non-hydrogen) atoms. The van der Waals surface area contributed by atoms with Gasteiger partial charge in [0.25, 0.3) is 0 Å². The van der Waals surface area contributed by atoms with E-state index >= 15 is 0 Å². The molecule has 0 bridgehead atoms. The van der Waals surface area contributed by atoms with E-state index in [0.29, 0.717) is 0 Å². The second-order valence-corrected chi connectivity index (χ2v) is 3.55. The first-order chi connectivity index (χ1) is 7.35. The highest BCUT2D eigenvalue weighted by atomic mass is 16.1.